The van der Waals surface area contributed by atoms with Gasteiger partial charge >= 0.3 is 6.01 Å². The Hall–Kier alpha value is -2.12. The molecule has 0 saturated heterocycles. The molecule has 0 aliphatic heterocycles. The van der Waals surface area contributed by atoms with Crippen LogP contribution in [0.2, 0.25) is 0 Å². The van der Waals surface area contributed by atoms with Crippen molar-refractivity contribution in [2.75, 3.05) is 17.7 Å². The summed E-state index contributed by atoms with van der Waals surface area (Å²) >= 11 is 0. The highest BCUT2D eigenvalue weighted by Crippen LogP contribution is 2.09. The third-order valence-electron chi connectivity index (χ3n) is 1.84. The number of nitrogens with one attached hydrogen (secondary N) is 1. The van der Waals surface area contributed by atoms with Crippen LogP contribution in [0.4, 0.5) is 11.9 Å². The van der Waals surface area contributed by atoms with Crippen molar-refractivity contribution in [3.63, 3.8) is 0 Å². The maximum absolute atomic E-state index is 10.9. The molecule has 1 aromatic rings. The highest BCUT2D eigenvalue weighted by atomic mass is 16.5. The molecule has 0 bridgehead atoms. The molecule has 0 spiro atoms. The van der Waals surface area contributed by atoms with Gasteiger partial charge in [-0.05, 0) is 13.3 Å². The van der Waals surface area contributed by atoms with Gasteiger partial charge in [-0.15, -0.1) is 0 Å². The molecule has 0 fully saturated rings. The molecular weight excluding hydrogens is 224 g/mol. The van der Waals surface area contributed by atoms with Gasteiger partial charge in [0.05, 0.1) is 6.61 Å². The zero-order chi connectivity index (χ0) is 12.8. The second-order valence-electron chi connectivity index (χ2n) is 3.42. The van der Waals surface area contributed by atoms with Crippen molar-refractivity contribution in [2.45, 2.75) is 26.3 Å². The molecule has 94 valence electrons. The van der Waals surface area contributed by atoms with Gasteiger partial charge in [-0.2, -0.15) is 15.0 Å². The Labute approximate surface area is 98.8 Å². The van der Waals surface area contributed by atoms with Gasteiger partial charge < -0.3 is 21.5 Å². The third-order valence-corrected chi connectivity index (χ3v) is 1.84. The Kier molecular flexibility index (Phi) is 4.44. The first-order chi connectivity index (χ1) is 8.02. The molecule has 17 heavy (non-hydrogen) atoms. The molecule has 1 heterocycles. The van der Waals surface area contributed by atoms with E-state index in [1.165, 1.54) is 0 Å². The zero-order valence-corrected chi connectivity index (χ0v) is 9.80. The number of nitrogen functional groups attached to an aromatic ring is 1. The van der Waals surface area contributed by atoms with Crippen LogP contribution >= 0.6 is 0 Å². The van der Waals surface area contributed by atoms with Crippen LogP contribution in [0.3, 0.4) is 0 Å². The van der Waals surface area contributed by atoms with Crippen LogP contribution in [0, 0.1) is 0 Å². The molecule has 1 amide bonds. The minimum Gasteiger partial charge on any atom is -0.463 e. The highest BCUT2D eigenvalue weighted by molar-refractivity contribution is 5.81. The first kappa shape index (κ1) is 12.9. The fourth-order valence-corrected chi connectivity index (χ4v) is 0.959. The monoisotopic (exact) mass is 240 g/mol. The van der Waals surface area contributed by atoms with Gasteiger partial charge in [0.1, 0.15) is 6.04 Å². The lowest BCUT2D eigenvalue weighted by atomic mass is 10.3. The van der Waals surface area contributed by atoms with Crippen molar-refractivity contribution >= 4 is 17.8 Å². The van der Waals surface area contributed by atoms with Gasteiger partial charge in [-0.1, -0.05) is 6.92 Å². The minimum atomic E-state index is -0.601. The SMILES string of the molecule is CCCOc1nc(N)nc(NC(C)C(N)=O)n1. The molecule has 0 aromatic carbocycles. The summed E-state index contributed by atoms with van der Waals surface area (Å²) < 4.78 is 5.22. The van der Waals surface area contributed by atoms with Crippen LogP contribution in [0.25, 0.3) is 0 Å². The number of ether oxygens (including phenoxy) is 1. The Morgan fingerprint density at radius 3 is 2.76 bits per heavy atom. The average molecular weight is 240 g/mol. The number of amides is 1. The van der Waals surface area contributed by atoms with Gasteiger partial charge in [0, 0.05) is 0 Å². The van der Waals surface area contributed by atoms with Crippen molar-refractivity contribution in [2.24, 2.45) is 5.73 Å². The summed E-state index contributed by atoms with van der Waals surface area (Å²) in [5.74, 6) is -0.333. The number of nitrogens with two attached hydrogens (primary N) is 2. The van der Waals surface area contributed by atoms with Gasteiger partial charge in [-0.3, -0.25) is 4.79 Å². The molecule has 0 saturated carbocycles. The van der Waals surface area contributed by atoms with Crippen molar-refractivity contribution in [1.29, 1.82) is 0 Å². The Balaban J connectivity index is 2.78. The molecule has 1 rings (SSSR count). The van der Waals surface area contributed by atoms with E-state index in [2.05, 4.69) is 20.3 Å². The number of anilines is 2. The van der Waals surface area contributed by atoms with E-state index < -0.39 is 11.9 Å². The summed E-state index contributed by atoms with van der Waals surface area (Å²) in [6.07, 6.45) is 0.825. The summed E-state index contributed by atoms with van der Waals surface area (Å²) in [6, 6.07) is -0.477. The van der Waals surface area contributed by atoms with Crippen LogP contribution in [-0.4, -0.2) is 33.5 Å². The second-order valence-corrected chi connectivity index (χ2v) is 3.42. The fraction of sp³-hybridized carbons (Fsp3) is 0.556. The largest absolute Gasteiger partial charge is 0.463 e. The van der Waals surface area contributed by atoms with E-state index in [0.29, 0.717) is 6.61 Å². The lowest BCUT2D eigenvalue weighted by Crippen LogP contribution is -2.33. The first-order valence-corrected chi connectivity index (χ1v) is 5.23. The first-order valence-electron chi connectivity index (χ1n) is 5.23. The molecule has 1 aromatic heterocycles. The number of aromatic nitrogens is 3. The molecule has 0 radical (unpaired) electrons. The maximum atomic E-state index is 10.9. The second kappa shape index (κ2) is 5.83. The summed E-state index contributed by atoms with van der Waals surface area (Å²) in [4.78, 5) is 22.4. The molecular formula is C9H16N6O2. The summed E-state index contributed by atoms with van der Waals surface area (Å²) in [6.45, 7) is 4.03. The maximum Gasteiger partial charge on any atom is 0.323 e. The van der Waals surface area contributed by atoms with Crippen molar-refractivity contribution in [3.8, 4) is 6.01 Å². The number of nitrogens with zero attached hydrogens (tertiary/aromatic N) is 3. The van der Waals surface area contributed by atoms with Crippen molar-refractivity contribution in [3.05, 3.63) is 0 Å². The van der Waals surface area contributed by atoms with E-state index >= 15 is 0 Å². The number of carbonyl (C=O) groups is 1. The quantitative estimate of drug-likeness (QED) is 0.612. The van der Waals surface area contributed by atoms with Crippen molar-refractivity contribution in [1.82, 2.24) is 15.0 Å². The lowest BCUT2D eigenvalue weighted by Gasteiger charge is -2.10. The van der Waals surface area contributed by atoms with E-state index in [0.717, 1.165) is 6.42 Å². The molecule has 5 N–H and O–H groups in total. The third kappa shape index (κ3) is 4.09. The van der Waals surface area contributed by atoms with Gasteiger partial charge in [-0.25, -0.2) is 0 Å². The lowest BCUT2D eigenvalue weighted by molar-refractivity contribution is -0.118. The van der Waals surface area contributed by atoms with Gasteiger partial charge in [0.15, 0.2) is 0 Å². The smallest absolute Gasteiger partial charge is 0.323 e. The Morgan fingerprint density at radius 1 is 1.47 bits per heavy atom. The summed E-state index contributed by atoms with van der Waals surface area (Å²) in [5, 5.41) is 2.70. The summed E-state index contributed by atoms with van der Waals surface area (Å²) in [7, 11) is 0. The van der Waals surface area contributed by atoms with Crippen LogP contribution < -0.4 is 21.5 Å². The van der Waals surface area contributed by atoms with Crippen LogP contribution in [0.5, 0.6) is 6.01 Å². The molecule has 1 unspecified atom stereocenters. The number of primary amides is 1. The van der Waals surface area contributed by atoms with E-state index in [4.69, 9.17) is 16.2 Å². The van der Waals surface area contributed by atoms with Crippen LogP contribution in [0.15, 0.2) is 0 Å². The van der Waals surface area contributed by atoms with E-state index in [1.54, 1.807) is 6.92 Å². The van der Waals surface area contributed by atoms with Crippen LogP contribution in [0.1, 0.15) is 20.3 Å². The fourth-order valence-electron chi connectivity index (χ4n) is 0.959. The van der Waals surface area contributed by atoms with E-state index in [9.17, 15) is 4.79 Å². The van der Waals surface area contributed by atoms with E-state index in [-0.39, 0.29) is 17.9 Å². The Bertz CT molecular complexity index is 397. The Morgan fingerprint density at radius 2 is 2.18 bits per heavy atom. The predicted octanol–water partition coefficient (Wildman–Crippen LogP) is -0.472. The van der Waals surface area contributed by atoms with E-state index in [1.807, 2.05) is 6.92 Å². The number of rotatable bonds is 6. The van der Waals surface area contributed by atoms with Crippen LogP contribution in [-0.2, 0) is 4.79 Å². The normalized spacial score (nSPS) is 11.9. The molecule has 0 aliphatic rings. The topological polar surface area (TPSA) is 129 Å². The van der Waals surface area contributed by atoms with Crippen molar-refractivity contribution < 1.29 is 9.53 Å². The molecule has 1 atom stereocenters. The average Bonchev–Trinajstić information content (AvgIpc) is 2.25. The predicted molar refractivity (Wildman–Crippen MR) is 62.3 cm³/mol. The molecule has 0 aliphatic carbocycles. The number of hydrogen-bond donors (Lipinski definition) is 3. The number of hydrogen-bond acceptors (Lipinski definition) is 7. The summed E-state index contributed by atoms with van der Waals surface area (Å²) in [5.41, 5.74) is 10.6. The molecule has 8 nitrogen and oxygen atoms in total. The minimum absolute atomic E-state index is 0.0188. The standard InChI is InChI=1S/C9H16N6O2/c1-3-4-17-9-14-7(11)13-8(15-9)12-5(2)6(10)16/h5H,3-4H2,1-2H3,(H2,10,16)(H3,11,12,13,14,15). The van der Waals surface area contributed by atoms with Gasteiger partial charge in [0.25, 0.3) is 0 Å². The van der Waals surface area contributed by atoms with Gasteiger partial charge in [0.2, 0.25) is 17.8 Å². The zero-order valence-electron chi connectivity index (χ0n) is 9.80. The molecule has 8 heteroatoms. The highest BCUT2D eigenvalue weighted by Gasteiger charge is 2.12. The number of carbonyl (C=O) groups excluding carboxylic acids is 1.